The van der Waals surface area contributed by atoms with Gasteiger partial charge in [-0.15, -0.1) is 11.8 Å². The monoisotopic (exact) mass is 536 g/mol. The highest BCUT2D eigenvalue weighted by Gasteiger charge is 2.05. The highest BCUT2D eigenvalue weighted by Crippen LogP contribution is 2.24. The number of nitrogens with zero attached hydrogens (tertiary/aromatic N) is 1. The Morgan fingerprint density at radius 3 is 2.37 bits per heavy atom. The number of hydrogen-bond donors (Lipinski definition) is 1. The van der Waals surface area contributed by atoms with Crippen LogP contribution in [0.25, 0.3) is 10.8 Å². The first kappa shape index (κ1) is 25.6. The Bertz CT molecular complexity index is 1540. The fraction of sp³-hybridized carbons (Fsp3) is 0.0625. The number of amides is 1. The van der Waals surface area contributed by atoms with Gasteiger partial charge >= 0.3 is 0 Å². The molecule has 5 aromatic carbocycles. The molecule has 6 heteroatoms. The Morgan fingerprint density at radius 2 is 1.58 bits per heavy atom. The topological polar surface area (TPSA) is 50.7 Å². The van der Waals surface area contributed by atoms with Crippen LogP contribution in [0.3, 0.4) is 0 Å². The maximum Gasteiger partial charge on any atom is 0.271 e. The number of carbonyl (C=O) groups is 1. The fourth-order valence-corrected chi connectivity index (χ4v) is 4.89. The van der Waals surface area contributed by atoms with Crippen molar-refractivity contribution in [2.45, 2.75) is 17.3 Å². The molecule has 0 aliphatic rings. The average molecular weight is 537 g/mol. The molecule has 5 aromatic rings. The predicted molar refractivity (Wildman–Crippen MR) is 157 cm³/mol. The van der Waals surface area contributed by atoms with Gasteiger partial charge in [-0.2, -0.15) is 5.10 Å². The summed E-state index contributed by atoms with van der Waals surface area (Å²) in [5.41, 5.74) is 6.28. The fourth-order valence-electron chi connectivity index (χ4n) is 3.91. The zero-order valence-corrected chi connectivity index (χ0v) is 22.1. The van der Waals surface area contributed by atoms with E-state index in [1.165, 1.54) is 10.8 Å². The van der Waals surface area contributed by atoms with E-state index < -0.39 is 0 Å². The number of hydrogen-bond acceptors (Lipinski definition) is 4. The third-order valence-corrected chi connectivity index (χ3v) is 7.30. The molecule has 38 heavy (non-hydrogen) atoms. The van der Waals surface area contributed by atoms with Crippen LogP contribution in [-0.2, 0) is 12.4 Å². The molecule has 0 bridgehead atoms. The lowest BCUT2D eigenvalue weighted by molar-refractivity contribution is 0.0955. The number of nitrogens with one attached hydrogen (secondary N) is 1. The molecule has 0 atom stereocenters. The van der Waals surface area contributed by atoms with Gasteiger partial charge in [-0.1, -0.05) is 66.2 Å². The van der Waals surface area contributed by atoms with Crippen LogP contribution in [0.4, 0.5) is 0 Å². The van der Waals surface area contributed by atoms with Gasteiger partial charge < -0.3 is 4.74 Å². The predicted octanol–water partition coefficient (Wildman–Crippen LogP) is 8.13. The maximum atomic E-state index is 12.5. The van der Waals surface area contributed by atoms with Gasteiger partial charge in [0.1, 0.15) is 12.4 Å². The molecule has 1 N–H and O–H groups in total. The van der Waals surface area contributed by atoms with E-state index >= 15 is 0 Å². The number of hydrazone groups is 1. The third-order valence-electron chi connectivity index (χ3n) is 5.97. The molecule has 0 saturated heterocycles. The maximum absolute atomic E-state index is 12.5. The first-order valence-corrected chi connectivity index (χ1v) is 13.5. The molecule has 5 rings (SSSR count). The second kappa shape index (κ2) is 12.5. The summed E-state index contributed by atoms with van der Waals surface area (Å²) in [6, 6.07) is 37.4. The van der Waals surface area contributed by atoms with Gasteiger partial charge in [-0.3, -0.25) is 4.79 Å². The quantitative estimate of drug-likeness (QED) is 0.117. The first-order chi connectivity index (χ1) is 18.6. The number of ether oxygens (including phenoxy) is 1. The SMILES string of the molecule is O=C(N/N=C\c1ccc(OCc2cccc3ccccc23)cc1)c1ccc(CSc2ccc(Cl)cc2)cc1. The molecule has 4 nitrogen and oxygen atoms in total. The van der Waals surface area contributed by atoms with Crippen LogP contribution in [0.2, 0.25) is 5.02 Å². The summed E-state index contributed by atoms with van der Waals surface area (Å²) < 4.78 is 5.99. The highest BCUT2D eigenvalue weighted by molar-refractivity contribution is 7.98. The molecule has 0 aromatic heterocycles. The van der Waals surface area contributed by atoms with Gasteiger partial charge in [0.15, 0.2) is 0 Å². The zero-order valence-electron chi connectivity index (χ0n) is 20.5. The lowest BCUT2D eigenvalue weighted by Gasteiger charge is -2.09. The second-order valence-electron chi connectivity index (χ2n) is 8.63. The summed E-state index contributed by atoms with van der Waals surface area (Å²) in [5.74, 6) is 1.32. The van der Waals surface area contributed by atoms with Crippen molar-refractivity contribution in [2.75, 3.05) is 0 Å². The number of halogens is 1. The molecule has 0 fully saturated rings. The molecule has 0 saturated carbocycles. The molecular weight excluding hydrogens is 512 g/mol. The molecular formula is C32H25ClN2O2S. The van der Waals surface area contributed by atoms with E-state index in [0.29, 0.717) is 12.2 Å². The second-order valence-corrected chi connectivity index (χ2v) is 10.1. The number of fused-ring (bicyclic) bond motifs is 1. The van der Waals surface area contributed by atoms with Gasteiger partial charge in [0, 0.05) is 21.2 Å². The van der Waals surface area contributed by atoms with Crippen molar-refractivity contribution < 1.29 is 9.53 Å². The molecule has 0 spiro atoms. The van der Waals surface area contributed by atoms with Crippen molar-refractivity contribution in [3.05, 3.63) is 143 Å². The lowest BCUT2D eigenvalue weighted by atomic mass is 10.1. The largest absolute Gasteiger partial charge is 0.489 e. The smallest absolute Gasteiger partial charge is 0.271 e. The molecule has 0 aliphatic carbocycles. The first-order valence-electron chi connectivity index (χ1n) is 12.1. The van der Waals surface area contributed by atoms with Gasteiger partial charge in [0.05, 0.1) is 6.21 Å². The van der Waals surface area contributed by atoms with Crippen LogP contribution in [0, 0.1) is 0 Å². The van der Waals surface area contributed by atoms with Crippen molar-refractivity contribution in [1.29, 1.82) is 0 Å². The molecule has 0 heterocycles. The van der Waals surface area contributed by atoms with E-state index in [1.54, 1.807) is 18.0 Å². The van der Waals surface area contributed by atoms with Crippen LogP contribution < -0.4 is 10.2 Å². The Hall–Kier alpha value is -4.06. The summed E-state index contributed by atoms with van der Waals surface area (Å²) in [6.45, 7) is 0.490. The Balaban J connectivity index is 1.10. The summed E-state index contributed by atoms with van der Waals surface area (Å²) in [7, 11) is 0. The minimum Gasteiger partial charge on any atom is -0.489 e. The number of benzene rings is 5. The summed E-state index contributed by atoms with van der Waals surface area (Å²) in [5, 5.41) is 7.22. The molecule has 0 unspecified atom stereocenters. The highest BCUT2D eigenvalue weighted by atomic mass is 35.5. The number of carbonyl (C=O) groups excluding carboxylic acids is 1. The van der Waals surface area contributed by atoms with Crippen LogP contribution in [-0.4, -0.2) is 12.1 Å². The molecule has 188 valence electrons. The summed E-state index contributed by atoms with van der Waals surface area (Å²) in [6.07, 6.45) is 1.61. The van der Waals surface area contributed by atoms with Gasteiger partial charge in [0.25, 0.3) is 5.91 Å². The van der Waals surface area contributed by atoms with E-state index in [1.807, 2.05) is 91.0 Å². The van der Waals surface area contributed by atoms with Crippen LogP contribution in [0.5, 0.6) is 5.75 Å². The Labute approximate surface area is 231 Å². The number of rotatable bonds is 9. The Kier molecular flexibility index (Phi) is 8.39. The van der Waals surface area contributed by atoms with E-state index in [0.717, 1.165) is 38.1 Å². The summed E-state index contributed by atoms with van der Waals surface area (Å²) >= 11 is 7.66. The van der Waals surface area contributed by atoms with E-state index in [2.05, 4.69) is 34.8 Å². The van der Waals surface area contributed by atoms with Gasteiger partial charge in [-0.05, 0) is 88.1 Å². The molecule has 1 amide bonds. The third kappa shape index (κ3) is 6.82. The van der Waals surface area contributed by atoms with Crippen molar-refractivity contribution in [3.63, 3.8) is 0 Å². The van der Waals surface area contributed by atoms with E-state index in [9.17, 15) is 4.79 Å². The number of thioether (sulfide) groups is 1. The standard InChI is InChI=1S/C32H25ClN2O2S/c33-28-14-18-30(19-15-28)38-22-24-8-12-26(13-9-24)32(36)35-34-20-23-10-16-29(17-11-23)37-21-27-6-3-5-25-4-1-2-7-31(25)27/h1-20H,21-22H2,(H,35,36)/b34-20-. The Morgan fingerprint density at radius 1 is 0.842 bits per heavy atom. The zero-order chi connectivity index (χ0) is 26.2. The van der Waals surface area contributed by atoms with Crippen LogP contribution in [0.15, 0.2) is 125 Å². The minimum atomic E-state index is -0.256. The lowest BCUT2D eigenvalue weighted by Crippen LogP contribution is -2.17. The van der Waals surface area contributed by atoms with Crippen molar-refractivity contribution >= 4 is 46.3 Å². The van der Waals surface area contributed by atoms with Gasteiger partial charge in [0.2, 0.25) is 0 Å². The van der Waals surface area contributed by atoms with Crippen molar-refractivity contribution in [3.8, 4) is 5.75 Å². The normalized spacial score (nSPS) is 11.1. The molecule has 0 radical (unpaired) electrons. The average Bonchev–Trinajstić information content (AvgIpc) is 2.96. The van der Waals surface area contributed by atoms with E-state index in [-0.39, 0.29) is 5.91 Å². The molecule has 0 aliphatic heterocycles. The van der Waals surface area contributed by atoms with Crippen molar-refractivity contribution in [1.82, 2.24) is 5.43 Å². The van der Waals surface area contributed by atoms with Crippen LogP contribution in [0.1, 0.15) is 27.0 Å². The van der Waals surface area contributed by atoms with Crippen molar-refractivity contribution in [2.24, 2.45) is 5.10 Å². The summed E-state index contributed by atoms with van der Waals surface area (Å²) in [4.78, 5) is 13.6. The minimum absolute atomic E-state index is 0.256. The van der Waals surface area contributed by atoms with Gasteiger partial charge in [-0.25, -0.2) is 5.43 Å². The van der Waals surface area contributed by atoms with Crippen LogP contribution >= 0.6 is 23.4 Å². The van der Waals surface area contributed by atoms with E-state index in [4.69, 9.17) is 16.3 Å².